The van der Waals surface area contributed by atoms with E-state index in [9.17, 15) is 9.59 Å². The predicted molar refractivity (Wildman–Crippen MR) is 161 cm³/mol. The summed E-state index contributed by atoms with van der Waals surface area (Å²) in [4.78, 5) is 28.6. The number of ether oxygens (including phenoxy) is 1. The van der Waals surface area contributed by atoms with E-state index in [1.54, 1.807) is 6.07 Å². The van der Waals surface area contributed by atoms with Crippen molar-refractivity contribution in [3.05, 3.63) is 89.0 Å². The van der Waals surface area contributed by atoms with E-state index in [4.69, 9.17) is 4.74 Å². The standard InChI is InChI=1S/C33H40N4O3/c1-23-8-6-12-30(24(23)2)36-33(39)35-27-13-14-31(29(21-27)32(38)34-22-28-11-7-19-40-28)37-17-15-26(16-18-37)20-25-9-4-3-5-10-25/h3-6,8-10,12-14,21,26,28H,7,11,15-20,22H2,1-2H3,(H,34,38)(H2,35,36,39)/t28-/m0/s1. The van der Waals surface area contributed by atoms with Crippen molar-refractivity contribution in [1.82, 2.24) is 5.32 Å². The molecule has 2 aliphatic heterocycles. The molecule has 0 aromatic heterocycles. The van der Waals surface area contributed by atoms with Crippen LogP contribution in [0.5, 0.6) is 0 Å². The lowest BCUT2D eigenvalue weighted by atomic mass is 9.89. The molecule has 0 unspecified atom stereocenters. The number of aryl methyl sites for hydroxylation is 1. The van der Waals surface area contributed by atoms with Crippen molar-refractivity contribution in [2.45, 2.75) is 52.1 Å². The van der Waals surface area contributed by atoms with Gasteiger partial charge in [0.2, 0.25) is 0 Å². The van der Waals surface area contributed by atoms with E-state index in [1.807, 2.05) is 44.2 Å². The van der Waals surface area contributed by atoms with E-state index in [0.717, 1.165) is 74.3 Å². The van der Waals surface area contributed by atoms with Crippen LogP contribution in [0.4, 0.5) is 21.9 Å². The third-order valence-corrected chi connectivity index (χ3v) is 8.19. The Morgan fingerprint density at radius 3 is 2.48 bits per heavy atom. The first kappa shape index (κ1) is 27.7. The Hall–Kier alpha value is -3.84. The molecule has 3 N–H and O–H groups in total. The number of urea groups is 1. The molecule has 1 atom stereocenters. The molecule has 2 saturated heterocycles. The van der Waals surface area contributed by atoms with Crippen molar-refractivity contribution in [3.8, 4) is 0 Å². The van der Waals surface area contributed by atoms with Crippen LogP contribution >= 0.6 is 0 Å². The molecule has 7 nitrogen and oxygen atoms in total. The number of nitrogens with one attached hydrogen (secondary N) is 3. The molecular weight excluding hydrogens is 500 g/mol. The number of hydrogen-bond acceptors (Lipinski definition) is 4. The van der Waals surface area contributed by atoms with E-state index in [2.05, 4.69) is 51.2 Å². The fourth-order valence-electron chi connectivity index (χ4n) is 5.68. The van der Waals surface area contributed by atoms with E-state index in [-0.39, 0.29) is 18.0 Å². The van der Waals surface area contributed by atoms with Gasteiger partial charge < -0.3 is 25.6 Å². The highest BCUT2D eigenvalue weighted by Gasteiger charge is 2.25. The second-order valence-corrected chi connectivity index (χ2v) is 11.0. The first-order chi connectivity index (χ1) is 19.5. The topological polar surface area (TPSA) is 82.7 Å². The predicted octanol–water partition coefficient (Wildman–Crippen LogP) is 6.32. The first-order valence-corrected chi connectivity index (χ1v) is 14.4. The van der Waals surface area contributed by atoms with Gasteiger partial charge in [0.15, 0.2) is 0 Å². The number of carbonyl (C=O) groups excluding carboxylic acids is 2. The summed E-state index contributed by atoms with van der Waals surface area (Å²) in [6, 6.07) is 21.8. The number of benzene rings is 3. The minimum Gasteiger partial charge on any atom is -0.376 e. The van der Waals surface area contributed by atoms with E-state index in [1.165, 1.54) is 5.56 Å². The summed E-state index contributed by atoms with van der Waals surface area (Å²) in [5.74, 6) is 0.487. The number of hydrogen-bond donors (Lipinski definition) is 3. The molecule has 0 spiro atoms. The van der Waals surface area contributed by atoms with Crippen LogP contribution in [0.2, 0.25) is 0 Å². The van der Waals surface area contributed by atoms with Crippen LogP contribution in [0.25, 0.3) is 0 Å². The number of piperidine rings is 1. The van der Waals surface area contributed by atoms with Crippen LogP contribution in [0.1, 0.15) is 52.7 Å². The molecular formula is C33H40N4O3. The van der Waals surface area contributed by atoms with Gasteiger partial charge in [-0.05, 0) is 92.8 Å². The summed E-state index contributed by atoms with van der Waals surface area (Å²) in [6.07, 6.45) is 5.28. The smallest absolute Gasteiger partial charge is 0.323 e. The summed E-state index contributed by atoms with van der Waals surface area (Å²) in [7, 11) is 0. The van der Waals surface area contributed by atoms with Gasteiger partial charge in [-0.15, -0.1) is 0 Å². The molecule has 0 bridgehead atoms. The number of nitrogens with zero attached hydrogens (tertiary/aromatic N) is 1. The molecule has 40 heavy (non-hydrogen) atoms. The van der Waals surface area contributed by atoms with Gasteiger partial charge in [-0.2, -0.15) is 0 Å². The maximum absolute atomic E-state index is 13.5. The first-order valence-electron chi connectivity index (χ1n) is 14.4. The maximum atomic E-state index is 13.5. The Morgan fingerprint density at radius 2 is 1.73 bits per heavy atom. The van der Waals surface area contributed by atoms with Gasteiger partial charge in [0.05, 0.1) is 11.7 Å². The van der Waals surface area contributed by atoms with Gasteiger partial charge in [0.25, 0.3) is 5.91 Å². The molecule has 2 heterocycles. The third kappa shape index (κ3) is 7.02. The van der Waals surface area contributed by atoms with Crippen LogP contribution in [-0.2, 0) is 11.2 Å². The van der Waals surface area contributed by atoms with E-state index >= 15 is 0 Å². The van der Waals surface area contributed by atoms with Gasteiger partial charge in [-0.3, -0.25) is 4.79 Å². The van der Waals surface area contributed by atoms with Crippen molar-refractivity contribution in [2.24, 2.45) is 5.92 Å². The average molecular weight is 541 g/mol. The molecule has 0 radical (unpaired) electrons. The quantitative estimate of drug-likeness (QED) is 0.312. The van der Waals surface area contributed by atoms with Crippen molar-refractivity contribution < 1.29 is 14.3 Å². The molecule has 7 heteroatoms. The molecule has 3 aromatic carbocycles. The number of rotatable bonds is 8. The van der Waals surface area contributed by atoms with E-state index in [0.29, 0.717) is 23.7 Å². The van der Waals surface area contributed by atoms with Gasteiger partial charge in [-0.1, -0.05) is 42.5 Å². The minimum atomic E-state index is -0.339. The normalized spacial score (nSPS) is 17.4. The number of amides is 3. The van der Waals surface area contributed by atoms with Crippen LogP contribution in [0, 0.1) is 19.8 Å². The molecule has 5 rings (SSSR count). The van der Waals surface area contributed by atoms with Crippen LogP contribution in [-0.4, -0.2) is 44.3 Å². The minimum absolute atomic E-state index is 0.0609. The summed E-state index contributed by atoms with van der Waals surface area (Å²) in [6.45, 7) is 7.02. The van der Waals surface area contributed by atoms with Gasteiger partial charge >= 0.3 is 6.03 Å². The highest BCUT2D eigenvalue weighted by molar-refractivity contribution is 6.04. The zero-order valence-corrected chi connectivity index (χ0v) is 23.5. The lowest BCUT2D eigenvalue weighted by Crippen LogP contribution is -2.37. The lowest BCUT2D eigenvalue weighted by molar-refractivity contribution is 0.0858. The highest BCUT2D eigenvalue weighted by Crippen LogP contribution is 2.30. The summed E-state index contributed by atoms with van der Waals surface area (Å²) >= 11 is 0. The Labute approximate surface area is 237 Å². The van der Waals surface area contributed by atoms with Crippen molar-refractivity contribution in [3.63, 3.8) is 0 Å². The fraction of sp³-hybridized carbons (Fsp3) is 0.394. The number of anilines is 3. The summed E-state index contributed by atoms with van der Waals surface area (Å²) < 4.78 is 5.71. The van der Waals surface area contributed by atoms with Gasteiger partial charge in [-0.25, -0.2) is 4.79 Å². The lowest BCUT2D eigenvalue weighted by Gasteiger charge is -2.35. The SMILES string of the molecule is Cc1cccc(NC(=O)Nc2ccc(N3CCC(Cc4ccccc4)CC3)c(C(=O)NC[C@@H]3CCCO3)c2)c1C. The van der Waals surface area contributed by atoms with Crippen molar-refractivity contribution in [2.75, 3.05) is 41.8 Å². The third-order valence-electron chi connectivity index (χ3n) is 8.19. The molecule has 2 fully saturated rings. The molecule has 210 valence electrons. The largest absolute Gasteiger partial charge is 0.376 e. The maximum Gasteiger partial charge on any atom is 0.323 e. The summed E-state index contributed by atoms with van der Waals surface area (Å²) in [5, 5.41) is 8.93. The molecule has 3 amide bonds. The highest BCUT2D eigenvalue weighted by atomic mass is 16.5. The van der Waals surface area contributed by atoms with Crippen LogP contribution in [0.15, 0.2) is 66.7 Å². The van der Waals surface area contributed by atoms with Crippen molar-refractivity contribution >= 4 is 29.0 Å². The fourth-order valence-corrected chi connectivity index (χ4v) is 5.68. The monoisotopic (exact) mass is 540 g/mol. The molecule has 0 saturated carbocycles. The Kier molecular flexibility index (Phi) is 9.01. The van der Waals surface area contributed by atoms with Crippen LogP contribution in [0.3, 0.4) is 0 Å². The zero-order valence-electron chi connectivity index (χ0n) is 23.5. The van der Waals surface area contributed by atoms with Crippen molar-refractivity contribution in [1.29, 1.82) is 0 Å². The van der Waals surface area contributed by atoms with Gasteiger partial charge in [0, 0.05) is 43.3 Å². The summed E-state index contributed by atoms with van der Waals surface area (Å²) in [5.41, 5.74) is 6.34. The Balaban J connectivity index is 1.29. The molecule has 3 aromatic rings. The van der Waals surface area contributed by atoms with E-state index < -0.39 is 0 Å². The molecule has 0 aliphatic carbocycles. The van der Waals surface area contributed by atoms with Crippen LogP contribution < -0.4 is 20.9 Å². The zero-order chi connectivity index (χ0) is 27.9. The van der Waals surface area contributed by atoms with Gasteiger partial charge in [0.1, 0.15) is 0 Å². The Bertz CT molecular complexity index is 1310. The Morgan fingerprint density at radius 1 is 0.925 bits per heavy atom. The number of carbonyl (C=O) groups is 2. The second kappa shape index (κ2) is 13.0. The molecule has 2 aliphatic rings. The second-order valence-electron chi connectivity index (χ2n) is 11.0. The average Bonchev–Trinajstić information content (AvgIpc) is 3.49.